The van der Waals surface area contributed by atoms with Crippen molar-refractivity contribution in [1.29, 1.82) is 0 Å². The van der Waals surface area contributed by atoms with Gasteiger partial charge in [-0.1, -0.05) is 33.6 Å². The molecule has 2 unspecified atom stereocenters. The first-order chi connectivity index (χ1) is 15.8. The Hall–Kier alpha value is -0.730. The van der Waals surface area contributed by atoms with E-state index in [-0.39, 0.29) is 17.8 Å². The number of carbonyl (C=O) groups is 1. The van der Waals surface area contributed by atoms with Crippen LogP contribution in [0.2, 0.25) is 0 Å². The van der Waals surface area contributed by atoms with Gasteiger partial charge in [-0.05, 0) is 111 Å². The number of hydrogen-bond donors (Lipinski definition) is 6. The molecule has 4 fully saturated rings. The van der Waals surface area contributed by atoms with Gasteiger partial charge in [0.2, 0.25) is 0 Å². The summed E-state index contributed by atoms with van der Waals surface area (Å²) >= 11 is 0. The molecule has 0 radical (unpaired) electrons. The van der Waals surface area contributed by atoms with Crippen LogP contribution in [0.3, 0.4) is 0 Å². The monoisotopic (exact) mass is 482 g/mol. The van der Waals surface area contributed by atoms with E-state index in [4.69, 9.17) is 0 Å². The van der Waals surface area contributed by atoms with Gasteiger partial charge in [-0.2, -0.15) is 0 Å². The van der Waals surface area contributed by atoms with Gasteiger partial charge in [0.05, 0.1) is 0 Å². The average molecular weight is 483 g/mol. The van der Waals surface area contributed by atoms with Crippen LogP contribution in [0.15, 0.2) is 0 Å². The first kappa shape index (κ1) is 26.3. The number of rotatable bonds is 7. The molecule has 4 aliphatic carbocycles. The van der Waals surface area contributed by atoms with E-state index in [2.05, 4.69) is 20.8 Å². The fourth-order valence-electron chi connectivity index (χ4n) is 9.61. The zero-order chi connectivity index (χ0) is 25.1. The number of aliphatic hydroxyl groups is 5. The maximum atomic E-state index is 11.4. The van der Waals surface area contributed by atoms with Crippen molar-refractivity contribution in [1.82, 2.24) is 0 Å². The van der Waals surface area contributed by atoms with E-state index < -0.39 is 23.6 Å². The quantitative estimate of drug-likeness (QED) is 0.306. The fourth-order valence-corrected chi connectivity index (χ4v) is 9.61. The predicted octanol–water partition coefficient (Wildman–Crippen LogP) is 3.26. The van der Waals surface area contributed by atoms with Crippen LogP contribution < -0.4 is 0 Å². The molecule has 0 spiro atoms. The summed E-state index contributed by atoms with van der Waals surface area (Å²) in [5.41, 5.74) is -2.73. The number of aliphatic hydroxyl groups excluding tert-OH is 1. The molecule has 7 heteroatoms. The zero-order valence-corrected chi connectivity index (χ0v) is 21.1. The second-order valence-corrected chi connectivity index (χ2v) is 12.9. The number of fused-ring (bicyclic) bond motifs is 5. The van der Waals surface area contributed by atoms with Gasteiger partial charge in [-0.25, -0.2) is 4.79 Å². The molecular weight excluding hydrogens is 436 g/mol. The maximum Gasteiger partial charge on any atom is 0.347 e. The van der Waals surface area contributed by atoms with E-state index >= 15 is 0 Å². The molecule has 4 rings (SSSR count). The smallest absolute Gasteiger partial charge is 0.347 e. The summed E-state index contributed by atoms with van der Waals surface area (Å²) in [6.45, 7) is 7.15. The third-order valence-corrected chi connectivity index (χ3v) is 11.6. The van der Waals surface area contributed by atoms with E-state index in [1.807, 2.05) is 0 Å². The summed E-state index contributed by atoms with van der Waals surface area (Å²) in [6.07, 6.45) is 11.4. The van der Waals surface area contributed by atoms with Crippen LogP contribution >= 0.6 is 0 Å². The molecule has 6 N–H and O–H groups in total. The molecule has 0 amide bonds. The zero-order valence-electron chi connectivity index (χ0n) is 21.1. The van der Waals surface area contributed by atoms with Gasteiger partial charge in [-0.3, -0.25) is 0 Å². The van der Waals surface area contributed by atoms with E-state index in [9.17, 15) is 35.4 Å². The Kier molecular flexibility index (Phi) is 6.96. The van der Waals surface area contributed by atoms with Crippen molar-refractivity contribution < 1.29 is 35.4 Å². The molecule has 0 aromatic heterocycles. The van der Waals surface area contributed by atoms with Crippen molar-refractivity contribution >= 4 is 5.97 Å². The molecule has 0 saturated heterocycles. The van der Waals surface area contributed by atoms with Crippen LogP contribution in [-0.4, -0.2) is 54.3 Å². The van der Waals surface area contributed by atoms with Crippen molar-refractivity contribution in [3.05, 3.63) is 0 Å². The Morgan fingerprint density at radius 1 is 0.882 bits per heavy atom. The first-order valence-corrected chi connectivity index (χ1v) is 13.6. The van der Waals surface area contributed by atoms with Crippen LogP contribution in [0.5, 0.6) is 0 Å². The lowest BCUT2D eigenvalue weighted by Gasteiger charge is -2.61. The molecule has 0 aromatic rings. The van der Waals surface area contributed by atoms with Crippen molar-refractivity contribution in [3.8, 4) is 0 Å². The summed E-state index contributed by atoms with van der Waals surface area (Å²) in [7, 11) is 0. The summed E-state index contributed by atoms with van der Waals surface area (Å²) in [5, 5.41) is 57.9. The van der Waals surface area contributed by atoms with Gasteiger partial charge in [0.1, 0.15) is 6.10 Å². The largest absolute Gasteiger partial charge is 0.479 e. The summed E-state index contributed by atoms with van der Waals surface area (Å²) in [4.78, 5) is 11.4. The molecule has 10 atom stereocenters. The Bertz CT molecular complexity index is 765. The van der Waals surface area contributed by atoms with E-state index in [0.717, 1.165) is 24.2 Å². The molecule has 0 aromatic carbocycles. The number of carboxylic acids is 1. The minimum absolute atomic E-state index is 0.142. The highest BCUT2D eigenvalue weighted by atomic mass is 16.7. The molecular formula is C27H46O7. The third-order valence-electron chi connectivity index (χ3n) is 11.6. The Balaban J connectivity index is 1.44. The fraction of sp³-hybridized carbons (Fsp3) is 0.963. The summed E-state index contributed by atoms with van der Waals surface area (Å²) in [6, 6.07) is 0. The van der Waals surface area contributed by atoms with Crippen molar-refractivity contribution in [3.63, 3.8) is 0 Å². The normalized spacial score (nSPS) is 43.7. The molecule has 34 heavy (non-hydrogen) atoms. The minimum atomic E-state index is -3.93. The molecule has 4 aliphatic rings. The Morgan fingerprint density at radius 2 is 1.56 bits per heavy atom. The first-order valence-electron chi connectivity index (χ1n) is 13.6. The second-order valence-electron chi connectivity index (χ2n) is 12.9. The number of carboxylic acid groups (broad SMARTS) is 1. The van der Waals surface area contributed by atoms with Crippen LogP contribution in [0.1, 0.15) is 97.8 Å². The highest BCUT2D eigenvalue weighted by molar-refractivity contribution is 5.79. The van der Waals surface area contributed by atoms with Crippen LogP contribution in [-0.2, 0) is 4.79 Å². The van der Waals surface area contributed by atoms with Crippen LogP contribution in [0.25, 0.3) is 0 Å². The predicted molar refractivity (Wildman–Crippen MR) is 126 cm³/mol. The number of aliphatic carboxylic acids is 1. The second kappa shape index (κ2) is 8.98. The summed E-state index contributed by atoms with van der Waals surface area (Å²) < 4.78 is 0. The topological polar surface area (TPSA) is 138 Å². The lowest BCUT2D eigenvalue weighted by molar-refractivity contribution is -0.396. The Labute approximate surface area is 203 Å². The van der Waals surface area contributed by atoms with Crippen molar-refractivity contribution in [2.45, 2.75) is 115 Å². The van der Waals surface area contributed by atoms with E-state index in [0.29, 0.717) is 23.7 Å². The van der Waals surface area contributed by atoms with E-state index in [1.165, 1.54) is 57.8 Å². The minimum Gasteiger partial charge on any atom is -0.479 e. The van der Waals surface area contributed by atoms with Gasteiger partial charge >= 0.3 is 11.9 Å². The summed E-state index contributed by atoms with van der Waals surface area (Å²) in [5.74, 6) is -2.15. The molecule has 4 saturated carbocycles. The highest BCUT2D eigenvalue weighted by Crippen LogP contribution is 2.68. The lowest BCUT2D eigenvalue weighted by Crippen LogP contribution is -2.66. The van der Waals surface area contributed by atoms with E-state index in [1.54, 1.807) is 0 Å². The third kappa shape index (κ3) is 3.94. The van der Waals surface area contributed by atoms with Crippen molar-refractivity contribution in [2.75, 3.05) is 0 Å². The van der Waals surface area contributed by atoms with Gasteiger partial charge in [0.15, 0.2) is 0 Å². The molecule has 7 nitrogen and oxygen atoms in total. The molecule has 0 aliphatic heterocycles. The lowest BCUT2D eigenvalue weighted by atomic mass is 9.44. The average Bonchev–Trinajstić information content (AvgIpc) is 3.12. The molecule has 0 bridgehead atoms. The van der Waals surface area contributed by atoms with Gasteiger partial charge in [0, 0.05) is 0 Å². The Morgan fingerprint density at radius 3 is 2.21 bits per heavy atom. The standard InChI is InChI=1S/C27H46O7/c1-16(7-12-22(28)26(31,23(29)30)27(32,33)34)19-10-11-20-18-9-8-17-6-4-5-14-24(17,2)21(18)13-15-25(19,20)3/h16-22,28,31-34H,4-15H2,1-3H3,(H,29,30)/t16-,17+,18+,19-,20+,21+,22?,24+,25-,26?/m1/s1. The molecule has 0 heterocycles. The number of hydrogen-bond acceptors (Lipinski definition) is 6. The molecule has 196 valence electrons. The maximum absolute atomic E-state index is 11.4. The van der Waals surface area contributed by atoms with Crippen molar-refractivity contribution in [2.24, 2.45) is 46.3 Å². The van der Waals surface area contributed by atoms with Crippen LogP contribution in [0, 0.1) is 46.3 Å². The highest BCUT2D eigenvalue weighted by Gasteiger charge is 2.61. The van der Waals surface area contributed by atoms with Crippen LogP contribution in [0.4, 0.5) is 0 Å². The van der Waals surface area contributed by atoms with Gasteiger partial charge in [-0.15, -0.1) is 0 Å². The SMILES string of the molecule is C[C@H](CCC(O)C(O)(C(=O)O)C(O)(O)O)[C@H]1CC[C@H]2[C@@H]3CC[C@@H]4CCCC[C@]4(C)[C@H]3CC[C@]12C. The van der Waals surface area contributed by atoms with Gasteiger partial charge in [0.25, 0.3) is 5.60 Å². The van der Waals surface area contributed by atoms with Gasteiger partial charge < -0.3 is 30.6 Å².